The maximum absolute atomic E-state index is 12.8. The van der Waals surface area contributed by atoms with Gasteiger partial charge in [0.2, 0.25) is 0 Å². The molecule has 0 aliphatic carbocycles. The molecule has 3 rings (SSSR count). The van der Waals surface area contributed by atoms with Gasteiger partial charge in [-0.25, -0.2) is 4.79 Å². The Kier molecular flexibility index (Phi) is 4.64. The van der Waals surface area contributed by atoms with Gasteiger partial charge >= 0.3 is 5.97 Å². The molecule has 0 aromatic heterocycles. The van der Waals surface area contributed by atoms with Gasteiger partial charge in [-0.3, -0.25) is 14.5 Å². The van der Waals surface area contributed by atoms with Crippen molar-refractivity contribution >= 4 is 17.8 Å². The summed E-state index contributed by atoms with van der Waals surface area (Å²) in [7, 11) is 0. The maximum atomic E-state index is 12.8. The first-order valence-electron chi connectivity index (χ1n) is 8.51. The zero-order chi connectivity index (χ0) is 18.9. The molecule has 1 atom stereocenters. The predicted octanol–water partition coefficient (Wildman–Crippen LogP) is 3.24. The zero-order valence-electron chi connectivity index (χ0n) is 15.1. The number of esters is 1. The summed E-state index contributed by atoms with van der Waals surface area (Å²) < 4.78 is 5.49. The average Bonchev–Trinajstić information content (AvgIpc) is 2.84. The number of imide groups is 1. The van der Waals surface area contributed by atoms with E-state index in [1.807, 2.05) is 30.3 Å². The van der Waals surface area contributed by atoms with E-state index in [1.165, 1.54) is 0 Å². The highest BCUT2D eigenvalue weighted by Gasteiger charge is 2.44. The largest absolute Gasteiger partial charge is 0.458 e. The number of carbonyl (C=O) groups is 3. The molecule has 134 valence electrons. The lowest BCUT2D eigenvalue weighted by Gasteiger charge is -2.28. The number of hydrogen-bond acceptors (Lipinski definition) is 4. The van der Waals surface area contributed by atoms with E-state index in [2.05, 4.69) is 0 Å². The predicted molar refractivity (Wildman–Crippen MR) is 96.7 cm³/mol. The summed E-state index contributed by atoms with van der Waals surface area (Å²) in [6.45, 7) is 5.27. The second kappa shape index (κ2) is 6.75. The van der Waals surface area contributed by atoms with Crippen LogP contribution in [0.1, 0.15) is 47.1 Å². The summed E-state index contributed by atoms with van der Waals surface area (Å²) in [6.07, 6.45) is 0.210. The fraction of sp³-hybridized carbons (Fsp3) is 0.286. The number of ether oxygens (including phenoxy) is 1. The number of hydrogen-bond donors (Lipinski definition) is 0. The number of fused-ring (bicyclic) bond motifs is 1. The highest BCUT2D eigenvalue weighted by molar-refractivity contribution is 6.22. The SMILES string of the molecule is CC(C)(C)OC(=O)C(Cc1ccccc1)N1C(=O)c2ccccc2C1=O. The minimum atomic E-state index is -1.01. The molecule has 1 aliphatic heterocycles. The van der Waals surface area contributed by atoms with E-state index in [4.69, 9.17) is 4.74 Å². The van der Waals surface area contributed by atoms with E-state index in [0.29, 0.717) is 11.1 Å². The van der Waals surface area contributed by atoms with Crippen LogP contribution in [0.2, 0.25) is 0 Å². The summed E-state index contributed by atoms with van der Waals surface area (Å²) in [6, 6.07) is 14.9. The van der Waals surface area contributed by atoms with E-state index in [0.717, 1.165) is 10.5 Å². The molecule has 1 aliphatic rings. The molecule has 0 saturated heterocycles. The first-order valence-corrected chi connectivity index (χ1v) is 8.51. The molecule has 0 spiro atoms. The molecule has 0 saturated carbocycles. The van der Waals surface area contributed by atoms with E-state index < -0.39 is 29.4 Å². The summed E-state index contributed by atoms with van der Waals surface area (Å²) in [4.78, 5) is 39.5. The number of benzene rings is 2. The number of amides is 2. The zero-order valence-corrected chi connectivity index (χ0v) is 15.1. The van der Waals surface area contributed by atoms with Gasteiger partial charge in [-0.2, -0.15) is 0 Å². The van der Waals surface area contributed by atoms with Crippen LogP contribution in [0.4, 0.5) is 0 Å². The second-order valence-electron chi connectivity index (χ2n) is 7.26. The van der Waals surface area contributed by atoms with Gasteiger partial charge in [-0.15, -0.1) is 0 Å². The highest BCUT2D eigenvalue weighted by Crippen LogP contribution is 2.27. The van der Waals surface area contributed by atoms with Crippen LogP contribution in [0.5, 0.6) is 0 Å². The van der Waals surface area contributed by atoms with Gasteiger partial charge in [0.05, 0.1) is 11.1 Å². The molecule has 0 radical (unpaired) electrons. The van der Waals surface area contributed by atoms with Crippen LogP contribution in [0.15, 0.2) is 54.6 Å². The van der Waals surface area contributed by atoms with Crippen LogP contribution in [-0.2, 0) is 16.0 Å². The molecule has 0 N–H and O–H groups in total. The first kappa shape index (κ1) is 17.9. The fourth-order valence-corrected chi connectivity index (χ4v) is 2.98. The number of rotatable bonds is 4. The third kappa shape index (κ3) is 3.52. The lowest BCUT2D eigenvalue weighted by molar-refractivity contribution is -0.159. The minimum Gasteiger partial charge on any atom is -0.458 e. The third-order valence-electron chi connectivity index (χ3n) is 4.09. The van der Waals surface area contributed by atoms with Gasteiger partial charge in [-0.1, -0.05) is 42.5 Å². The Morgan fingerprint density at radius 1 is 0.923 bits per heavy atom. The van der Waals surface area contributed by atoms with E-state index in [-0.39, 0.29) is 6.42 Å². The molecule has 26 heavy (non-hydrogen) atoms. The molecule has 1 heterocycles. The number of nitrogens with zero attached hydrogens (tertiary/aromatic N) is 1. The first-order chi connectivity index (χ1) is 12.3. The normalized spacial score (nSPS) is 15.0. The van der Waals surface area contributed by atoms with Crippen molar-refractivity contribution in [1.29, 1.82) is 0 Å². The molecule has 2 amide bonds. The molecule has 5 heteroatoms. The second-order valence-corrected chi connectivity index (χ2v) is 7.26. The van der Waals surface area contributed by atoms with Gasteiger partial charge in [0, 0.05) is 6.42 Å². The van der Waals surface area contributed by atoms with Crippen molar-refractivity contribution in [2.24, 2.45) is 0 Å². The van der Waals surface area contributed by atoms with Gasteiger partial charge in [-0.05, 0) is 38.5 Å². The topological polar surface area (TPSA) is 63.7 Å². The Balaban J connectivity index is 1.97. The molecular formula is C21H21NO4. The van der Waals surface area contributed by atoms with Crippen LogP contribution in [0.3, 0.4) is 0 Å². The van der Waals surface area contributed by atoms with Crippen LogP contribution >= 0.6 is 0 Å². The van der Waals surface area contributed by atoms with Crippen LogP contribution in [0.25, 0.3) is 0 Å². The van der Waals surface area contributed by atoms with Crippen molar-refractivity contribution in [1.82, 2.24) is 4.90 Å². The molecule has 2 aromatic rings. The molecule has 1 unspecified atom stereocenters. The fourth-order valence-electron chi connectivity index (χ4n) is 2.98. The standard InChI is InChI=1S/C21H21NO4/c1-21(2,3)26-20(25)17(13-14-9-5-4-6-10-14)22-18(23)15-11-7-8-12-16(15)19(22)24/h4-12,17H,13H2,1-3H3. The van der Waals surface area contributed by atoms with Crippen molar-refractivity contribution < 1.29 is 19.1 Å². The lowest BCUT2D eigenvalue weighted by atomic mass is 10.0. The van der Waals surface area contributed by atoms with Gasteiger partial charge in [0.15, 0.2) is 0 Å². The minimum absolute atomic E-state index is 0.210. The smallest absolute Gasteiger partial charge is 0.330 e. The Morgan fingerprint density at radius 2 is 1.42 bits per heavy atom. The Labute approximate surface area is 152 Å². The van der Waals surface area contributed by atoms with E-state index in [9.17, 15) is 14.4 Å². The van der Waals surface area contributed by atoms with Gasteiger partial charge in [0.1, 0.15) is 11.6 Å². The van der Waals surface area contributed by atoms with Gasteiger partial charge < -0.3 is 4.74 Å². The molecule has 0 fully saturated rings. The van der Waals surface area contributed by atoms with Crippen molar-refractivity contribution in [3.05, 3.63) is 71.3 Å². The average molecular weight is 351 g/mol. The quantitative estimate of drug-likeness (QED) is 0.627. The summed E-state index contributed by atoms with van der Waals surface area (Å²) in [5.41, 5.74) is 0.767. The lowest BCUT2D eigenvalue weighted by Crippen LogP contribution is -2.48. The Bertz CT molecular complexity index is 817. The highest BCUT2D eigenvalue weighted by atomic mass is 16.6. The molecule has 0 bridgehead atoms. The Hall–Kier alpha value is -2.95. The van der Waals surface area contributed by atoms with Crippen molar-refractivity contribution in [3.63, 3.8) is 0 Å². The summed E-state index contributed by atoms with van der Waals surface area (Å²) in [5.74, 6) is -1.51. The van der Waals surface area contributed by atoms with E-state index >= 15 is 0 Å². The van der Waals surface area contributed by atoms with Crippen LogP contribution < -0.4 is 0 Å². The molecule has 5 nitrogen and oxygen atoms in total. The van der Waals surface area contributed by atoms with Crippen molar-refractivity contribution in [2.45, 2.75) is 38.8 Å². The summed E-state index contributed by atoms with van der Waals surface area (Å²) >= 11 is 0. The van der Waals surface area contributed by atoms with Crippen LogP contribution in [0, 0.1) is 0 Å². The molecule has 2 aromatic carbocycles. The molecular weight excluding hydrogens is 330 g/mol. The van der Waals surface area contributed by atoms with Crippen molar-refractivity contribution in [3.8, 4) is 0 Å². The number of carbonyl (C=O) groups excluding carboxylic acids is 3. The maximum Gasteiger partial charge on any atom is 0.330 e. The van der Waals surface area contributed by atoms with Gasteiger partial charge in [0.25, 0.3) is 11.8 Å². The Morgan fingerprint density at radius 3 is 1.92 bits per heavy atom. The van der Waals surface area contributed by atoms with Crippen LogP contribution in [-0.4, -0.2) is 34.3 Å². The van der Waals surface area contributed by atoms with Crippen molar-refractivity contribution in [2.75, 3.05) is 0 Å². The monoisotopic (exact) mass is 351 g/mol. The van der Waals surface area contributed by atoms with E-state index in [1.54, 1.807) is 45.0 Å². The third-order valence-corrected chi connectivity index (χ3v) is 4.09. The summed E-state index contributed by atoms with van der Waals surface area (Å²) in [5, 5.41) is 0.